The fourth-order valence-corrected chi connectivity index (χ4v) is 3.22. The Morgan fingerprint density at radius 2 is 1.46 bits per heavy atom. The number of aryl methyl sites for hydroxylation is 1. The van der Waals surface area contributed by atoms with Gasteiger partial charge in [-0.2, -0.15) is 0 Å². The SMILES string of the molecule is COC(=O)c1cc(C)cc2c1OC(c1ccccc1)(c1ccccc1)O2. The summed E-state index contributed by atoms with van der Waals surface area (Å²) in [6.45, 7) is 1.90. The van der Waals surface area contributed by atoms with E-state index in [0.717, 1.165) is 16.7 Å². The van der Waals surface area contributed by atoms with Crippen LogP contribution in [0.4, 0.5) is 0 Å². The van der Waals surface area contributed by atoms with Crippen LogP contribution in [0.5, 0.6) is 11.5 Å². The first kappa shape index (κ1) is 16.2. The molecule has 26 heavy (non-hydrogen) atoms. The highest BCUT2D eigenvalue weighted by atomic mass is 16.7. The van der Waals surface area contributed by atoms with Crippen LogP contribution in [0.15, 0.2) is 72.8 Å². The van der Waals surface area contributed by atoms with Gasteiger partial charge in [-0.15, -0.1) is 0 Å². The van der Waals surface area contributed by atoms with Gasteiger partial charge in [0.25, 0.3) is 0 Å². The highest BCUT2D eigenvalue weighted by Gasteiger charge is 2.47. The summed E-state index contributed by atoms with van der Waals surface area (Å²) in [6.07, 6.45) is 0. The highest BCUT2D eigenvalue weighted by molar-refractivity contribution is 5.94. The van der Waals surface area contributed by atoms with Crippen molar-refractivity contribution in [2.45, 2.75) is 12.7 Å². The first-order valence-corrected chi connectivity index (χ1v) is 8.36. The summed E-state index contributed by atoms with van der Waals surface area (Å²) in [6, 6.07) is 23.0. The van der Waals surface area contributed by atoms with E-state index in [-0.39, 0.29) is 0 Å². The minimum atomic E-state index is -1.15. The molecule has 0 spiro atoms. The van der Waals surface area contributed by atoms with Crippen molar-refractivity contribution >= 4 is 5.97 Å². The standard InChI is InChI=1S/C22H18O4/c1-15-13-18(21(23)24-2)20-19(14-15)25-22(26-20,16-9-5-3-6-10-16)17-11-7-4-8-12-17/h3-14H,1-2H3. The van der Waals surface area contributed by atoms with Crippen molar-refractivity contribution in [3.63, 3.8) is 0 Å². The lowest BCUT2D eigenvalue weighted by Gasteiger charge is -2.28. The number of esters is 1. The fraction of sp³-hybridized carbons (Fsp3) is 0.136. The summed E-state index contributed by atoms with van der Waals surface area (Å²) in [7, 11) is 1.36. The van der Waals surface area contributed by atoms with Gasteiger partial charge < -0.3 is 14.2 Å². The number of hydrogen-bond donors (Lipinski definition) is 0. The van der Waals surface area contributed by atoms with Crippen molar-refractivity contribution in [2.24, 2.45) is 0 Å². The van der Waals surface area contributed by atoms with E-state index in [2.05, 4.69) is 0 Å². The van der Waals surface area contributed by atoms with Gasteiger partial charge in [0.2, 0.25) is 0 Å². The van der Waals surface area contributed by atoms with E-state index in [0.29, 0.717) is 17.1 Å². The molecule has 3 aromatic rings. The van der Waals surface area contributed by atoms with Crippen molar-refractivity contribution in [2.75, 3.05) is 7.11 Å². The zero-order valence-electron chi connectivity index (χ0n) is 14.6. The first-order chi connectivity index (χ1) is 12.6. The molecule has 0 fully saturated rings. The van der Waals surface area contributed by atoms with Gasteiger partial charge in [-0.25, -0.2) is 4.79 Å². The lowest BCUT2D eigenvalue weighted by molar-refractivity contribution is -0.0462. The second-order valence-corrected chi connectivity index (χ2v) is 6.18. The van der Waals surface area contributed by atoms with Gasteiger partial charge in [-0.05, 0) is 24.6 Å². The van der Waals surface area contributed by atoms with Gasteiger partial charge in [0.05, 0.1) is 7.11 Å². The number of methoxy groups -OCH3 is 1. The molecule has 1 heterocycles. The van der Waals surface area contributed by atoms with E-state index < -0.39 is 11.8 Å². The number of benzene rings is 3. The number of rotatable bonds is 3. The molecule has 0 aliphatic carbocycles. The van der Waals surface area contributed by atoms with Gasteiger partial charge in [-0.3, -0.25) is 0 Å². The largest absolute Gasteiger partial charge is 0.465 e. The van der Waals surface area contributed by atoms with Gasteiger partial charge in [-0.1, -0.05) is 60.7 Å². The minimum absolute atomic E-state index is 0.358. The molecule has 3 aromatic carbocycles. The summed E-state index contributed by atoms with van der Waals surface area (Å²) in [5.74, 6) is -0.680. The number of hydrogen-bond acceptors (Lipinski definition) is 4. The number of carbonyl (C=O) groups excluding carboxylic acids is 1. The Balaban J connectivity index is 1.92. The van der Waals surface area contributed by atoms with Crippen molar-refractivity contribution < 1.29 is 19.0 Å². The van der Waals surface area contributed by atoms with Gasteiger partial charge >= 0.3 is 11.8 Å². The third-order valence-corrected chi connectivity index (χ3v) is 4.41. The smallest absolute Gasteiger partial charge is 0.341 e. The van der Waals surface area contributed by atoms with Crippen molar-refractivity contribution in [1.82, 2.24) is 0 Å². The molecule has 0 aromatic heterocycles. The summed E-state index contributed by atoms with van der Waals surface area (Å²) in [4.78, 5) is 12.3. The molecule has 0 radical (unpaired) electrons. The third kappa shape index (κ3) is 2.51. The van der Waals surface area contributed by atoms with Gasteiger partial charge in [0.15, 0.2) is 11.5 Å². The zero-order valence-corrected chi connectivity index (χ0v) is 14.6. The molecule has 0 unspecified atom stereocenters. The van der Waals surface area contributed by atoms with Gasteiger partial charge in [0, 0.05) is 11.1 Å². The van der Waals surface area contributed by atoms with Crippen molar-refractivity contribution in [3.05, 3.63) is 95.1 Å². The number of carbonyl (C=O) groups is 1. The summed E-state index contributed by atoms with van der Waals surface area (Å²) in [5, 5.41) is 0. The lowest BCUT2D eigenvalue weighted by Crippen LogP contribution is -2.36. The average Bonchev–Trinajstić information content (AvgIpc) is 3.08. The van der Waals surface area contributed by atoms with Crippen molar-refractivity contribution in [1.29, 1.82) is 0 Å². The van der Waals surface area contributed by atoms with Crippen LogP contribution in [-0.2, 0) is 10.5 Å². The van der Waals surface area contributed by atoms with E-state index in [9.17, 15) is 4.79 Å². The Bertz CT molecular complexity index is 909. The second kappa shape index (κ2) is 6.23. The molecule has 0 bridgehead atoms. The van der Waals surface area contributed by atoms with Crippen LogP contribution in [0.3, 0.4) is 0 Å². The average molecular weight is 346 g/mol. The van der Waals surface area contributed by atoms with Gasteiger partial charge in [0.1, 0.15) is 5.56 Å². The zero-order chi connectivity index (χ0) is 18.1. The van der Waals surface area contributed by atoms with E-state index >= 15 is 0 Å². The summed E-state index contributed by atoms with van der Waals surface area (Å²) < 4.78 is 17.6. The predicted molar refractivity (Wildman–Crippen MR) is 97.4 cm³/mol. The topological polar surface area (TPSA) is 44.8 Å². The molecule has 0 saturated heterocycles. The van der Waals surface area contributed by atoms with E-state index in [1.165, 1.54) is 7.11 Å². The molecular weight excluding hydrogens is 328 g/mol. The Hall–Kier alpha value is -3.27. The normalized spacial score (nSPS) is 14.1. The van der Waals surface area contributed by atoms with E-state index in [4.69, 9.17) is 14.2 Å². The van der Waals surface area contributed by atoms with E-state index in [1.807, 2.05) is 73.7 Å². The quantitative estimate of drug-likeness (QED) is 0.657. The molecule has 130 valence electrons. The third-order valence-electron chi connectivity index (χ3n) is 4.41. The number of ether oxygens (including phenoxy) is 3. The number of fused-ring (bicyclic) bond motifs is 1. The summed E-state index contributed by atoms with van der Waals surface area (Å²) in [5.41, 5.74) is 2.94. The van der Waals surface area contributed by atoms with Crippen molar-refractivity contribution in [3.8, 4) is 11.5 Å². The maximum Gasteiger partial charge on any atom is 0.341 e. The molecule has 4 heteroatoms. The predicted octanol–water partition coefficient (Wildman–Crippen LogP) is 4.45. The van der Waals surface area contributed by atoms with Crippen LogP contribution in [0, 0.1) is 6.92 Å². The Kier molecular flexibility index (Phi) is 3.88. The van der Waals surface area contributed by atoms with Crippen LogP contribution in [0.25, 0.3) is 0 Å². The molecule has 1 aliphatic heterocycles. The molecule has 4 nitrogen and oxygen atoms in total. The van der Waals surface area contributed by atoms with Crippen LogP contribution in [0.1, 0.15) is 27.0 Å². The van der Waals surface area contributed by atoms with Crippen LogP contribution < -0.4 is 9.47 Å². The molecular formula is C22H18O4. The molecule has 0 N–H and O–H groups in total. The maximum atomic E-state index is 12.3. The lowest BCUT2D eigenvalue weighted by atomic mass is 9.97. The highest BCUT2D eigenvalue weighted by Crippen LogP contribution is 2.49. The van der Waals surface area contributed by atoms with Crippen LogP contribution in [-0.4, -0.2) is 13.1 Å². The molecule has 1 aliphatic rings. The molecule has 4 rings (SSSR count). The molecule has 0 atom stereocenters. The maximum absolute atomic E-state index is 12.3. The van der Waals surface area contributed by atoms with Crippen LogP contribution in [0.2, 0.25) is 0 Å². The van der Waals surface area contributed by atoms with Crippen LogP contribution >= 0.6 is 0 Å². The Morgan fingerprint density at radius 3 is 2.00 bits per heavy atom. The summed E-state index contributed by atoms with van der Waals surface area (Å²) >= 11 is 0. The Morgan fingerprint density at radius 1 is 0.885 bits per heavy atom. The second-order valence-electron chi connectivity index (χ2n) is 6.18. The minimum Gasteiger partial charge on any atom is -0.465 e. The Labute approximate surface area is 152 Å². The van der Waals surface area contributed by atoms with E-state index in [1.54, 1.807) is 6.07 Å². The molecule has 0 saturated carbocycles. The monoisotopic (exact) mass is 346 g/mol. The first-order valence-electron chi connectivity index (χ1n) is 8.36. The fourth-order valence-electron chi connectivity index (χ4n) is 3.22. The molecule has 0 amide bonds.